The van der Waals surface area contributed by atoms with Crippen LogP contribution in [0.1, 0.15) is 17.7 Å². The second-order valence-electron chi connectivity index (χ2n) is 5.26. The average molecular weight is 325 g/mol. The molecule has 23 heavy (non-hydrogen) atoms. The van der Waals surface area contributed by atoms with E-state index in [1.807, 2.05) is 12.1 Å². The third-order valence-electron chi connectivity index (χ3n) is 3.77. The van der Waals surface area contributed by atoms with Gasteiger partial charge in [0.2, 0.25) is 5.88 Å². The standard InChI is InChI=1S/C17H13ClN4O/c18-15-14(5-2-8-20-15)23-17-12-3-1-4-13(12)21-16(22-17)11-6-9-19-10-7-11/h2,5-10H,1,3-4H2. The summed E-state index contributed by atoms with van der Waals surface area (Å²) in [6.07, 6.45) is 7.99. The molecule has 0 unspecified atom stereocenters. The molecule has 0 saturated carbocycles. The number of nitrogens with zero attached hydrogens (tertiary/aromatic N) is 4. The van der Waals surface area contributed by atoms with Crippen LogP contribution in [-0.2, 0) is 12.8 Å². The van der Waals surface area contributed by atoms with Gasteiger partial charge in [0, 0.05) is 29.7 Å². The maximum atomic E-state index is 6.09. The lowest BCUT2D eigenvalue weighted by Gasteiger charge is -2.11. The fraction of sp³-hybridized carbons (Fsp3) is 0.176. The second-order valence-corrected chi connectivity index (χ2v) is 5.62. The van der Waals surface area contributed by atoms with Gasteiger partial charge in [-0.1, -0.05) is 11.6 Å². The molecule has 0 fully saturated rings. The molecule has 0 saturated heterocycles. The third kappa shape index (κ3) is 2.75. The Labute approximate surface area is 138 Å². The van der Waals surface area contributed by atoms with Gasteiger partial charge in [0.15, 0.2) is 16.7 Å². The van der Waals surface area contributed by atoms with E-state index in [2.05, 4.69) is 19.9 Å². The van der Waals surface area contributed by atoms with Gasteiger partial charge < -0.3 is 4.74 Å². The molecule has 1 aliphatic carbocycles. The van der Waals surface area contributed by atoms with Crippen LogP contribution in [-0.4, -0.2) is 19.9 Å². The fourth-order valence-corrected chi connectivity index (χ4v) is 2.82. The summed E-state index contributed by atoms with van der Waals surface area (Å²) in [7, 11) is 0. The molecule has 4 rings (SSSR count). The first-order valence-electron chi connectivity index (χ1n) is 7.40. The van der Waals surface area contributed by atoms with Crippen LogP contribution < -0.4 is 4.74 Å². The van der Waals surface area contributed by atoms with Crippen LogP contribution in [0.5, 0.6) is 11.6 Å². The zero-order valence-corrected chi connectivity index (χ0v) is 13.0. The van der Waals surface area contributed by atoms with E-state index < -0.39 is 0 Å². The van der Waals surface area contributed by atoms with Gasteiger partial charge in [0.25, 0.3) is 0 Å². The van der Waals surface area contributed by atoms with Gasteiger partial charge in [0.05, 0.1) is 5.69 Å². The maximum absolute atomic E-state index is 6.09. The molecule has 1 aliphatic rings. The Bertz CT molecular complexity index is 854. The van der Waals surface area contributed by atoms with Crippen molar-refractivity contribution >= 4 is 11.6 Å². The topological polar surface area (TPSA) is 60.8 Å². The molecule has 0 aromatic carbocycles. The summed E-state index contributed by atoms with van der Waals surface area (Å²) in [6, 6.07) is 7.34. The van der Waals surface area contributed by atoms with E-state index in [1.54, 1.807) is 30.7 Å². The first kappa shape index (κ1) is 14.1. The van der Waals surface area contributed by atoms with Gasteiger partial charge in [-0.25, -0.2) is 9.97 Å². The highest BCUT2D eigenvalue weighted by molar-refractivity contribution is 6.30. The molecule has 0 N–H and O–H groups in total. The van der Waals surface area contributed by atoms with Crippen LogP contribution in [0.4, 0.5) is 0 Å². The van der Waals surface area contributed by atoms with Crippen LogP contribution >= 0.6 is 11.6 Å². The largest absolute Gasteiger partial charge is 0.435 e. The fourth-order valence-electron chi connectivity index (χ4n) is 2.66. The Morgan fingerprint density at radius 1 is 1.00 bits per heavy atom. The summed E-state index contributed by atoms with van der Waals surface area (Å²) < 4.78 is 5.95. The zero-order chi connectivity index (χ0) is 15.6. The van der Waals surface area contributed by atoms with Gasteiger partial charge in [-0.2, -0.15) is 4.98 Å². The first-order chi connectivity index (χ1) is 11.3. The van der Waals surface area contributed by atoms with Crippen molar-refractivity contribution in [3.05, 3.63) is 59.3 Å². The summed E-state index contributed by atoms with van der Waals surface area (Å²) in [6.45, 7) is 0. The van der Waals surface area contributed by atoms with E-state index in [1.165, 1.54) is 0 Å². The molecule has 3 aromatic heterocycles. The Kier molecular flexibility index (Phi) is 3.63. The van der Waals surface area contributed by atoms with Crippen LogP contribution in [0.2, 0.25) is 5.15 Å². The SMILES string of the molecule is Clc1ncccc1Oc1nc(-c2ccncc2)nc2c1CCC2. The van der Waals surface area contributed by atoms with Crippen LogP contribution in [0.3, 0.4) is 0 Å². The number of halogens is 1. The first-order valence-corrected chi connectivity index (χ1v) is 7.77. The van der Waals surface area contributed by atoms with E-state index in [9.17, 15) is 0 Å². The predicted molar refractivity (Wildman–Crippen MR) is 86.6 cm³/mol. The Morgan fingerprint density at radius 2 is 1.87 bits per heavy atom. The molecule has 0 spiro atoms. The van der Waals surface area contributed by atoms with E-state index in [-0.39, 0.29) is 0 Å². The molecular weight excluding hydrogens is 312 g/mol. The molecule has 0 radical (unpaired) electrons. The van der Waals surface area contributed by atoms with Gasteiger partial charge in [0.1, 0.15) is 0 Å². The Hall–Kier alpha value is -2.53. The Balaban J connectivity index is 1.80. The van der Waals surface area contributed by atoms with Crippen molar-refractivity contribution in [2.24, 2.45) is 0 Å². The molecule has 3 aromatic rings. The summed E-state index contributed by atoms with van der Waals surface area (Å²) >= 11 is 6.09. The molecule has 5 nitrogen and oxygen atoms in total. The second kappa shape index (κ2) is 5.93. The highest BCUT2D eigenvalue weighted by atomic mass is 35.5. The predicted octanol–water partition coefficient (Wildman–Crippen LogP) is 3.87. The van der Waals surface area contributed by atoms with Crippen LogP contribution in [0.25, 0.3) is 11.4 Å². The maximum Gasteiger partial charge on any atom is 0.226 e. The van der Waals surface area contributed by atoms with E-state index in [0.717, 1.165) is 36.1 Å². The van der Waals surface area contributed by atoms with E-state index >= 15 is 0 Å². The van der Waals surface area contributed by atoms with Crippen molar-refractivity contribution in [1.29, 1.82) is 0 Å². The number of ether oxygens (including phenoxy) is 1. The number of rotatable bonds is 3. The summed E-state index contributed by atoms with van der Waals surface area (Å²) in [5.74, 6) is 1.71. The molecule has 0 atom stereocenters. The van der Waals surface area contributed by atoms with Crippen molar-refractivity contribution in [2.45, 2.75) is 19.3 Å². The van der Waals surface area contributed by atoms with Crippen LogP contribution in [0.15, 0.2) is 42.9 Å². The van der Waals surface area contributed by atoms with E-state index in [4.69, 9.17) is 16.3 Å². The monoisotopic (exact) mass is 324 g/mol. The van der Waals surface area contributed by atoms with Crippen LogP contribution in [0, 0.1) is 0 Å². The molecule has 3 heterocycles. The van der Waals surface area contributed by atoms with Gasteiger partial charge in [-0.3, -0.25) is 4.98 Å². The zero-order valence-electron chi connectivity index (χ0n) is 12.2. The normalized spacial score (nSPS) is 12.9. The summed E-state index contributed by atoms with van der Waals surface area (Å²) in [4.78, 5) is 17.4. The van der Waals surface area contributed by atoms with Crippen molar-refractivity contribution in [2.75, 3.05) is 0 Å². The van der Waals surface area contributed by atoms with Crippen molar-refractivity contribution in [3.8, 4) is 23.0 Å². The average Bonchev–Trinajstić information content (AvgIpc) is 3.06. The minimum atomic E-state index is 0.323. The number of aromatic nitrogens is 4. The molecular formula is C17H13ClN4O. The lowest BCUT2D eigenvalue weighted by Crippen LogP contribution is -2.01. The van der Waals surface area contributed by atoms with Gasteiger partial charge >= 0.3 is 0 Å². The number of hydrogen-bond acceptors (Lipinski definition) is 5. The number of hydrogen-bond donors (Lipinski definition) is 0. The molecule has 0 amide bonds. The quantitative estimate of drug-likeness (QED) is 0.684. The molecule has 114 valence electrons. The third-order valence-corrected chi connectivity index (χ3v) is 4.05. The number of aryl methyl sites for hydroxylation is 1. The molecule has 0 bridgehead atoms. The van der Waals surface area contributed by atoms with Crippen molar-refractivity contribution in [3.63, 3.8) is 0 Å². The lowest BCUT2D eigenvalue weighted by atomic mass is 10.2. The summed E-state index contributed by atoms with van der Waals surface area (Å²) in [5.41, 5.74) is 3.02. The summed E-state index contributed by atoms with van der Waals surface area (Å²) in [5, 5.41) is 0.323. The van der Waals surface area contributed by atoms with Gasteiger partial charge in [-0.05, 0) is 43.5 Å². The minimum absolute atomic E-state index is 0.323. The molecule has 6 heteroatoms. The number of pyridine rings is 2. The highest BCUT2D eigenvalue weighted by Crippen LogP contribution is 2.34. The Morgan fingerprint density at radius 3 is 2.70 bits per heavy atom. The minimum Gasteiger partial charge on any atom is -0.435 e. The van der Waals surface area contributed by atoms with Crippen molar-refractivity contribution < 1.29 is 4.74 Å². The highest BCUT2D eigenvalue weighted by Gasteiger charge is 2.22. The molecule has 0 aliphatic heterocycles. The smallest absolute Gasteiger partial charge is 0.226 e. The van der Waals surface area contributed by atoms with E-state index in [0.29, 0.717) is 22.6 Å². The number of fused-ring (bicyclic) bond motifs is 1. The lowest BCUT2D eigenvalue weighted by molar-refractivity contribution is 0.454. The van der Waals surface area contributed by atoms with Crippen molar-refractivity contribution in [1.82, 2.24) is 19.9 Å². The van der Waals surface area contributed by atoms with Gasteiger partial charge in [-0.15, -0.1) is 0 Å².